The third kappa shape index (κ3) is 8.37. The number of rotatable bonds is 8. The fourth-order valence-electron chi connectivity index (χ4n) is 4.61. The molecule has 0 aromatic carbocycles. The second kappa shape index (κ2) is 12.0. The van der Waals surface area contributed by atoms with Gasteiger partial charge in [-0.25, -0.2) is 4.79 Å². The zero-order valence-corrected chi connectivity index (χ0v) is 21.0. The number of hydrogen-bond donors (Lipinski definition) is 2. The van der Waals surface area contributed by atoms with E-state index in [1.165, 1.54) is 12.5 Å². The van der Waals surface area contributed by atoms with Crippen LogP contribution >= 0.6 is 0 Å². The monoisotopic (exact) mass is 505 g/mol. The van der Waals surface area contributed by atoms with Crippen LogP contribution in [-0.2, 0) is 29.2 Å². The molecule has 1 amide bonds. The van der Waals surface area contributed by atoms with Gasteiger partial charge in [-0.15, -0.1) is 0 Å². The molecule has 2 rings (SSSR count). The predicted molar refractivity (Wildman–Crippen MR) is 133 cm³/mol. The minimum atomic E-state index is -4.48. The molecule has 0 aromatic rings. The summed E-state index contributed by atoms with van der Waals surface area (Å²) in [4.78, 5) is 23.8. The molecule has 2 aliphatic rings. The van der Waals surface area contributed by atoms with Gasteiger partial charge in [0, 0.05) is 12.0 Å². The fourth-order valence-corrected chi connectivity index (χ4v) is 5.25. The zero-order valence-electron chi connectivity index (χ0n) is 20.2. The van der Waals surface area contributed by atoms with E-state index in [4.69, 9.17) is 9.29 Å². The van der Waals surface area contributed by atoms with E-state index in [0.29, 0.717) is 11.5 Å². The third-order valence-electron chi connectivity index (χ3n) is 6.29. The van der Waals surface area contributed by atoms with Crippen molar-refractivity contribution in [1.82, 2.24) is 5.32 Å². The molecule has 0 radical (unpaired) electrons. The summed E-state index contributed by atoms with van der Waals surface area (Å²) in [7, 11) is -3.42. The first-order valence-corrected chi connectivity index (χ1v) is 12.6. The number of methoxy groups -OCH3 is 1. The summed E-state index contributed by atoms with van der Waals surface area (Å²) in [5.41, 5.74) is 1.57. The molecule has 34 heavy (non-hydrogen) atoms. The first-order valence-electron chi connectivity index (χ1n) is 10.9. The zero-order chi connectivity index (χ0) is 25.0. The maximum atomic E-state index is 12.2. The third-order valence-corrected chi connectivity index (χ3v) is 7.04. The van der Waals surface area contributed by atoms with Crippen molar-refractivity contribution in [1.29, 1.82) is 0 Å². The Labute approximate surface area is 225 Å². The van der Waals surface area contributed by atoms with Gasteiger partial charge in [0.1, 0.15) is 23.2 Å². The summed E-state index contributed by atoms with van der Waals surface area (Å²) < 4.78 is 41.9. The van der Waals surface area contributed by atoms with Crippen LogP contribution in [0.15, 0.2) is 47.3 Å². The summed E-state index contributed by atoms with van der Waals surface area (Å²) in [5, 5.41) is 2.23. The van der Waals surface area contributed by atoms with Crippen molar-refractivity contribution >= 4 is 51.6 Å². The number of carbonyl (C=O) groups excluding carboxylic acids is 2. The van der Waals surface area contributed by atoms with Crippen LogP contribution in [-0.4, -0.2) is 78.9 Å². The Kier molecular flexibility index (Phi) is 10.8. The number of amides is 1. The summed E-state index contributed by atoms with van der Waals surface area (Å²) in [6.45, 7) is 10.4. The van der Waals surface area contributed by atoms with E-state index in [1.807, 2.05) is 13.0 Å². The van der Waals surface area contributed by atoms with Crippen molar-refractivity contribution in [3.8, 4) is 0 Å². The van der Waals surface area contributed by atoms with Gasteiger partial charge in [0.2, 0.25) is 5.91 Å². The summed E-state index contributed by atoms with van der Waals surface area (Å²) in [6.07, 6.45) is 12.2. The molecule has 1 saturated carbocycles. The van der Waals surface area contributed by atoms with Gasteiger partial charge in [0.05, 0.1) is 7.11 Å². The van der Waals surface area contributed by atoms with Gasteiger partial charge in [0.15, 0.2) is 0 Å². The van der Waals surface area contributed by atoms with Crippen LogP contribution in [0.3, 0.4) is 0 Å². The molecule has 1 aliphatic carbocycles. The molecule has 2 N–H and O–H groups in total. The number of esters is 1. The molecular weight excluding hydrogens is 469 g/mol. The minimum absolute atomic E-state index is 0. The number of allylic oxidation sites excluding steroid dienone is 5. The van der Waals surface area contributed by atoms with Crippen molar-refractivity contribution in [3.63, 3.8) is 0 Å². The SMILES string of the molecule is COC(=O)C(CS(=O)(=O)O)NC(=O)/C=C(C)/C=C/C=C(\C)C1=CC2C(C)(C)CCCC2(C)O1.[NaH]. The normalized spacial score (nSPS) is 25.5. The van der Waals surface area contributed by atoms with Gasteiger partial charge in [-0.3, -0.25) is 9.35 Å². The van der Waals surface area contributed by atoms with Gasteiger partial charge in [0.25, 0.3) is 10.1 Å². The summed E-state index contributed by atoms with van der Waals surface area (Å²) >= 11 is 0. The van der Waals surface area contributed by atoms with Crippen LogP contribution in [0, 0.1) is 11.3 Å². The second-order valence-corrected chi connectivity index (χ2v) is 11.2. The van der Waals surface area contributed by atoms with Crippen molar-refractivity contribution in [2.24, 2.45) is 11.3 Å². The molecule has 8 nitrogen and oxygen atoms in total. The molecule has 10 heteroatoms. The standard InChI is InChI=1S/C24H35NO7S.Na.H/c1-16(13-21(26)25-18(22(27)31-6)15-33(28,29)30)9-7-10-17(2)19-14-20-23(3,4)11-8-12-24(20,5)32-19;;/h7,9-10,13-14,18,20H,8,11-12,15H2,1-6H3,(H,25,26)(H,28,29,30);;/b9-7+,16-13+,17-10+;;. The number of ether oxygens (including phenoxy) is 2. The fraction of sp³-hybridized carbons (Fsp3) is 0.583. The maximum absolute atomic E-state index is 12.2. The topological polar surface area (TPSA) is 119 Å². The van der Waals surface area contributed by atoms with E-state index in [2.05, 4.69) is 36.9 Å². The Morgan fingerprint density at radius 1 is 1.29 bits per heavy atom. The van der Waals surface area contributed by atoms with Crippen molar-refractivity contribution in [2.45, 2.75) is 65.5 Å². The molecule has 1 heterocycles. The van der Waals surface area contributed by atoms with Gasteiger partial charge < -0.3 is 14.8 Å². The van der Waals surface area contributed by atoms with Crippen LogP contribution < -0.4 is 5.32 Å². The Morgan fingerprint density at radius 3 is 2.50 bits per heavy atom. The second-order valence-electron chi connectivity index (χ2n) is 9.70. The van der Waals surface area contributed by atoms with Gasteiger partial charge in [-0.05, 0) is 62.7 Å². The Morgan fingerprint density at radius 2 is 1.94 bits per heavy atom. The van der Waals surface area contributed by atoms with Crippen LogP contribution in [0.1, 0.15) is 53.9 Å². The Bertz CT molecular complexity index is 1010. The van der Waals surface area contributed by atoms with Crippen LogP contribution in [0.2, 0.25) is 0 Å². The van der Waals surface area contributed by atoms with E-state index in [1.54, 1.807) is 19.1 Å². The van der Waals surface area contributed by atoms with E-state index < -0.39 is 33.8 Å². The number of fused-ring (bicyclic) bond motifs is 1. The van der Waals surface area contributed by atoms with E-state index in [9.17, 15) is 18.0 Å². The van der Waals surface area contributed by atoms with Crippen molar-refractivity contribution in [2.75, 3.05) is 12.9 Å². The molecule has 0 bridgehead atoms. The summed E-state index contributed by atoms with van der Waals surface area (Å²) in [5.74, 6) is -1.38. The van der Waals surface area contributed by atoms with Crippen LogP contribution in [0.25, 0.3) is 0 Å². The van der Waals surface area contributed by atoms with E-state index >= 15 is 0 Å². The molecule has 1 aliphatic heterocycles. The predicted octanol–water partition coefficient (Wildman–Crippen LogP) is 2.83. The number of hydrogen-bond acceptors (Lipinski definition) is 6. The first-order chi connectivity index (χ1) is 15.2. The molecule has 186 valence electrons. The molecule has 0 spiro atoms. The Hall–Kier alpha value is -1.39. The van der Waals surface area contributed by atoms with Crippen molar-refractivity contribution in [3.05, 3.63) is 47.3 Å². The van der Waals surface area contributed by atoms with Gasteiger partial charge in [-0.1, -0.05) is 32.1 Å². The molecule has 3 unspecified atom stereocenters. The van der Waals surface area contributed by atoms with Gasteiger partial charge in [-0.2, -0.15) is 8.42 Å². The first kappa shape index (κ1) is 30.6. The molecule has 0 aromatic heterocycles. The van der Waals surface area contributed by atoms with Crippen molar-refractivity contribution < 1.29 is 32.0 Å². The van der Waals surface area contributed by atoms with Gasteiger partial charge >= 0.3 is 35.5 Å². The molecule has 1 fully saturated rings. The average molecular weight is 506 g/mol. The number of carbonyl (C=O) groups is 2. The molecule has 3 atom stereocenters. The quantitative estimate of drug-likeness (QED) is 0.171. The van der Waals surface area contributed by atoms with Crippen LogP contribution in [0.4, 0.5) is 0 Å². The van der Waals surface area contributed by atoms with E-state index in [-0.39, 0.29) is 40.6 Å². The van der Waals surface area contributed by atoms with E-state index in [0.717, 1.165) is 31.3 Å². The Balaban J connectivity index is 0.00000578. The number of nitrogens with one attached hydrogen (secondary N) is 1. The average Bonchev–Trinajstić information content (AvgIpc) is 3.04. The molecule has 0 saturated heterocycles. The molecular formula is C24H36NNaO7S. The van der Waals surface area contributed by atoms with Crippen LogP contribution in [0.5, 0.6) is 0 Å². The summed E-state index contributed by atoms with van der Waals surface area (Å²) in [6, 6.07) is -1.51.